The lowest BCUT2D eigenvalue weighted by Gasteiger charge is -2.36. The second kappa shape index (κ2) is 3.14. The number of hydrogen-bond acceptors (Lipinski definition) is 3. The van der Waals surface area contributed by atoms with Crippen molar-refractivity contribution in [2.24, 2.45) is 0 Å². The van der Waals surface area contributed by atoms with Crippen LogP contribution in [-0.2, 0) is 14.5 Å². The molecule has 0 saturated heterocycles. The van der Waals surface area contributed by atoms with Gasteiger partial charge in [-0.25, -0.2) is 0 Å². The molecule has 0 amide bonds. The van der Waals surface area contributed by atoms with E-state index in [1.165, 1.54) is 6.26 Å². The molecule has 1 spiro atoms. The van der Waals surface area contributed by atoms with Gasteiger partial charge in [0.15, 0.2) is 5.60 Å². The van der Waals surface area contributed by atoms with E-state index in [1.54, 1.807) is 6.26 Å². The number of ether oxygens (including phenoxy) is 1. The zero-order chi connectivity index (χ0) is 10.1. The minimum Gasteiger partial charge on any atom is -0.497 e. The van der Waals surface area contributed by atoms with Crippen LogP contribution in [0.25, 0.3) is 0 Å². The first-order valence-electron chi connectivity index (χ1n) is 4.81. The van der Waals surface area contributed by atoms with Gasteiger partial charge < -0.3 is 9.62 Å². The average Bonchev–Trinajstić information content (AvgIpc) is 2.49. The maximum Gasteiger partial charge on any atom is 0.199 e. The second-order valence-electron chi connectivity index (χ2n) is 3.55. The molecule has 2 heterocycles. The van der Waals surface area contributed by atoms with Gasteiger partial charge >= 0.3 is 0 Å². The molecule has 0 radical (unpaired) electrons. The molecule has 0 aromatic carbocycles. The Bertz CT molecular complexity index is 426. The van der Waals surface area contributed by atoms with E-state index in [1.807, 2.05) is 36.5 Å². The number of hydrogen-bond donors (Lipinski definition) is 0. The SMILES string of the molecule is C1=COOC23COC=CC2=CC=CC3=C1. The topological polar surface area (TPSA) is 27.7 Å². The molecule has 15 heavy (non-hydrogen) atoms. The maximum absolute atomic E-state index is 5.45. The highest BCUT2D eigenvalue weighted by molar-refractivity contribution is 5.52. The molecule has 3 rings (SSSR count). The van der Waals surface area contributed by atoms with Crippen molar-refractivity contribution in [3.8, 4) is 0 Å². The van der Waals surface area contributed by atoms with Crippen LogP contribution < -0.4 is 0 Å². The summed E-state index contributed by atoms with van der Waals surface area (Å²) < 4.78 is 5.33. The third kappa shape index (κ3) is 1.17. The lowest BCUT2D eigenvalue weighted by Crippen LogP contribution is -2.42. The molecule has 3 aliphatic rings. The lowest BCUT2D eigenvalue weighted by molar-refractivity contribution is -0.308. The molecule has 1 atom stereocenters. The fraction of sp³-hybridized carbons (Fsp3) is 0.167. The van der Waals surface area contributed by atoms with Crippen molar-refractivity contribution >= 4 is 0 Å². The lowest BCUT2D eigenvalue weighted by atomic mass is 9.81. The highest BCUT2D eigenvalue weighted by Crippen LogP contribution is 2.38. The summed E-state index contributed by atoms with van der Waals surface area (Å²) in [5.74, 6) is 0. The summed E-state index contributed by atoms with van der Waals surface area (Å²) >= 11 is 0. The standard InChI is InChI=1S/C12H10O3/c1-3-10-5-2-7-14-15-12(10)9-13-8-6-11(12)4-1/h1-8H,9H2. The van der Waals surface area contributed by atoms with Gasteiger partial charge in [-0.15, -0.1) is 0 Å². The molecule has 0 fully saturated rings. The zero-order valence-electron chi connectivity index (χ0n) is 8.05. The Morgan fingerprint density at radius 2 is 1.87 bits per heavy atom. The molecule has 0 N–H and O–H groups in total. The van der Waals surface area contributed by atoms with Gasteiger partial charge in [-0.3, -0.25) is 0 Å². The molecule has 0 aromatic heterocycles. The zero-order valence-corrected chi connectivity index (χ0v) is 8.05. The van der Waals surface area contributed by atoms with Crippen LogP contribution in [0.1, 0.15) is 0 Å². The Balaban J connectivity index is 2.14. The molecule has 3 heteroatoms. The Kier molecular flexibility index (Phi) is 1.79. The van der Waals surface area contributed by atoms with Crippen molar-refractivity contribution in [1.82, 2.24) is 0 Å². The average molecular weight is 202 g/mol. The number of allylic oxidation sites excluding steroid dienone is 4. The minimum absolute atomic E-state index is 0.438. The molecular weight excluding hydrogens is 192 g/mol. The van der Waals surface area contributed by atoms with Crippen LogP contribution in [0.3, 0.4) is 0 Å². The van der Waals surface area contributed by atoms with Crippen molar-refractivity contribution < 1.29 is 14.5 Å². The molecule has 3 nitrogen and oxygen atoms in total. The third-order valence-corrected chi connectivity index (χ3v) is 2.71. The van der Waals surface area contributed by atoms with Crippen LogP contribution in [0.15, 0.2) is 60.1 Å². The largest absolute Gasteiger partial charge is 0.497 e. The van der Waals surface area contributed by atoms with Crippen LogP contribution in [0.4, 0.5) is 0 Å². The van der Waals surface area contributed by atoms with Gasteiger partial charge in [0.05, 0.1) is 6.26 Å². The Morgan fingerprint density at radius 1 is 1.00 bits per heavy atom. The first-order valence-corrected chi connectivity index (χ1v) is 4.81. The van der Waals surface area contributed by atoms with Gasteiger partial charge in [0.2, 0.25) is 0 Å². The third-order valence-electron chi connectivity index (χ3n) is 2.71. The Morgan fingerprint density at radius 3 is 2.87 bits per heavy atom. The fourth-order valence-electron chi connectivity index (χ4n) is 1.93. The Hall–Kier alpha value is -1.74. The van der Waals surface area contributed by atoms with Crippen LogP contribution in [0.5, 0.6) is 0 Å². The Labute approximate surface area is 87.6 Å². The van der Waals surface area contributed by atoms with E-state index in [0.717, 1.165) is 11.1 Å². The highest BCUT2D eigenvalue weighted by Gasteiger charge is 2.43. The molecule has 0 saturated carbocycles. The van der Waals surface area contributed by atoms with Crippen molar-refractivity contribution in [1.29, 1.82) is 0 Å². The van der Waals surface area contributed by atoms with E-state index in [2.05, 4.69) is 0 Å². The highest BCUT2D eigenvalue weighted by atomic mass is 17.2. The van der Waals surface area contributed by atoms with Gasteiger partial charge in [-0.1, -0.05) is 24.3 Å². The monoisotopic (exact) mass is 202 g/mol. The summed E-state index contributed by atoms with van der Waals surface area (Å²) in [6, 6.07) is 0. The number of rotatable bonds is 0. The molecule has 1 unspecified atom stereocenters. The van der Waals surface area contributed by atoms with Crippen LogP contribution in [-0.4, -0.2) is 12.2 Å². The van der Waals surface area contributed by atoms with Crippen molar-refractivity contribution in [2.75, 3.05) is 6.61 Å². The van der Waals surface area contributed by atoms with E-state index in [4.69, 9.17) is 14.5 Å². The fourth-order valence-corrected chi connectivity index (χ4v) is 1.93. The molecule has 76 valence electrons. The summed E-state index contributed by atoms with van der Waals surface area (Å²) in [6.45, 7) is 0.438. The van der Waals surface area contributed by atoms with Crippen molar-refractivity contribution in [3.05, 3.63) is 60.1 Å². The first-order chi connectivity index (χ1) is 7.42. The van der Waals surface area contributed by atoms with Gasteiger partial charge in [-0.2, -0.15) is 4.89 Å². The van der Waals surface area contributed by atoms with E-state index < -0.39 is 5.60 Å². The van der Waals surface area contributed by atoms with Crippen LogP contribution in [0, 0.1) is 0 Å². The van der Waals surface area contributed by atoms with Gasteiger partial charge in [-0.05, 0) is 23.3 Å². The van der Waals surface area contributed by atoms with E-state index in [0.29, 0.717) is 6.61 Å². The van der Waals surface area contributed by atoms with Gasteiger partial charge in [0.25, 0.3) is 0 Å². The second-order valence-corrected chi connectivity index (χ2v) is 3.55. The summed E-state index contributed by atoms with van der Waals surface area (Å²) in [6.07, 6.45) is 14.9. The molecular formula is C12H10O3. The van der Waals surface area contributed by atoms with E-state index in [9.17, 15) is 0 Å². The van der Waals surface area contributed by atoms with Crippen LogP contribution >= 0.6 is 0 Å². The summed E-state index contributed by atoms with van der Waals surface area (Å²) in [5, 5.41) is 0. The summed E-state index contributed by atoms with van der Waals surface area (Å²) in [5.41, 5.74) is 1.48. The van der Waals surface area contributed by atoms with Crippen LogP contribution in [0.2, 0.25) is 0 Å². The van der Waals surface area contributed by atoms with Gasteiger partial charge in [0.1, 0.15) is 12.9 Å². The first kappa shape index (κ1) is 8.56. The van der Waals surface area contributed by atoms with Crippen molar-refractivity contribution in [3.63, 3.8) is 0 Å². The van der Waals surface area contributed by atoms with Crippen molar-refractivity contribution in [2.45, 2.75) is 5.60 Å². The quantitative estimate of drug-likeness (QED) is 0.563. The molecule has 2 aliphatic heterocycles. The molecule has 1 aliphatic carbocycles. The summed E-state index contributed by atoms with van der Waals surface area (Å²) in [4.78, 5) is 10.5. The van der Waals surface area contributed by atoms with Gasteiger partial charge in [0, 0.05) is 0 Å². The maximum atomic E-state index is 5.45. The smallest absolute Gasteiger partial charge is 0.199 e. The molecule has 0 bridgehead atoms. The summed E-state index contributed by atoms with van der Waals surface area (Å²) in [7, 11) is 0. The van der Waals surface area contributed by atoms with E-state index in [-0.39, 0.29) is 0 Å². The van der Waals surface area contributed by atoms with E-state index >= 15 is 0 Å². The predicted molar refractivity (Wildman–Crippen MR) is 54.4 cm³/mol. The normalized spacial score (nSPS) is 31.5. The minimum atomic E-state index is -0.604. The molecule has 0 aromatic rings. The predicted octanol–water partition coefficient (Wildman–Crippen LogP) is 2.17.